The van der Waals surface area contributed by atoms with Gasteiger partial charge in [0.2, 0.25) is 0 Å². The highest BCUT2D eigenvalue weighted by Gasteiger charge is 2.16. The third kappa shape index (κ3) is 3.72. The van der Waals surface area contributed by atoms with Gasteiger partial charge in [-0.1, -0.05) is 12.1 Å². The number of aromatic nitrogens is 1. The molecule has 6 heteroatoms. The summed E-state index contributed by atoms with van der Waals surface area (Å²) < 4.78 is 15.9. The maximum Gasteiger partial charge on any atom is 0.350 e. The second-order valence-corrected chi connectivity index (χ2v) is 5.27. The van der Waals surface area contributed by atoms with Crippen LogP contribution in [-0.4, -0.2) is 24.7 Å². The van der Waals surface area contributed by atoms with Gasteiger partial charge < -0.3 is 14.2 Å². The highest BCUT2D eigenvalue weighted by molar-refractivity contribution is 7.13. The van der Waals surface area contributed by atoms with E-state index < -0.39 is 0 Å². The Morgan fingerprint density at radius 1 is 1.29 bits per heavy atom. The van der Waals surface area contributed by atoms with Gasteiger partial charge in [0.1, 0.15) is 16.5 Å². The first-order valence-corrected chi connectivity index (χ1v) is 7.36. The molecule has 1 heterocycles. The Kier molecular flexibility index (Phi) is 5.16. The average Bonchev–Trinajstić information content (AvgIpc) is 2.87. The lowest BCUT2D eigenvalue weighted by Gasteiger charge is -2.08. The fourth-order valence-electron chi connectivity index (χ4n) is 1.78. The van der Waals surface area contributed by atoms with Gasteiger partial charge in [0.05, 0.1) is 19.4 Å². The summed E-state index contributed by atoms with van der Waals surface area (Å²) in [7, 11) is 1.59. The van der Waals surface area contributed by atoms with Crippen LogP contribution in [0.5, 0.6) is 11.5 Å². The number of aryl methyl sites for hydroxylation is 1. The number of ether oxygens (including phenoxy) is 3. The van der Waals surface area contributed by atoms with Gasteiger partial charge in [-0.05, 0) is 26.0 Å². The predicted octanol–water partition coefficient (Wildman–Crippen LogP) is 3.22. The molecule has 0 aliphatic carbocycles. The summed E-state index contributed by atoms with van der Waals surface area (Å²) in [4.78, 5) is 16.6. The van der Waals surface area contributed by atoms with Crippen molar-refractivity contribution >= 4 is 17.3 Å². The number of methoxy groups -OCH3 is 1. The van der Waals surface area contributed by atoms with E-state index in [1.165, 1.54) is 11.3 Å². The first-order valence-electron chi connectivity index (χ1n) is 6.55. The van der Waals surface area contributed by atoms with E-state index in [4.69, 9.17) is 14.2 Å². The number of benzene rings is 1. The van der Waals surface area contributed by atoms with Crippen molar-refractivity contribution in [3.05, 3.63) is 39.8 Å². The highest BCUT2D eigenvalue weighted by Crippen LogP contribution is 2.27. The van der Waals surface area contributed by atoms with Crippen LogP contribution in [-0.2, 0) is 11.3 Å². The SMILES string of the molecule is CCOC(=O)c1sc(COc2ccccc2OC)nc1C. The van der Waals surface area contributed by atoms with E-state index in [1.807, 2.05) is 24.3 Å². The molecule has 112 valence electrons. The van der Waals surface area contributed by atoms with Crippen molar-refractivity contribution in [2.75, 3.05) is 13.7 Å². The minimum atomic E-state index is -0.337. The number of hydrogen-bond acceptors (Lipinski definition) is 6. The van der Waals surface area contributed by atoms with E-state index in [1.54, 1.807) is 21.0 Å². The molecule has 5 nitrogen and oxygen atoms in total. The fraction of sp³-hybridized carbons (Fsp3) is 0.333. The Morgan fingerprint density at radius 3 is 2.67 bits per heavy atom. The van der Waals surface area contributed by atoms with Crippen LogP contribution in [0.2, 0.25) is 0 Å². The van der Waals surface area contributed by atoms with Crippen molar-refractivity contribution in [3.63, 3.8) is 0 Å². The quantitative estimate of drug-likeness (QED) is 0.767. The van der Waals surface area contributed by atoms with Crippen LogP contribution >= 0.6 is 11.3 Å². The summed E-state index contributed by atoms with van der Waals surface area (Å²) in [6, 6.07) is 7.39. The number of hydrogen-bond donors (Lipinski definition) is 0. The highest BCUT2D eigenvalue weighted by atomic mass is 32.1. The Hall–Kier alpha value is -2.08. The molecule has 0 radical (unpaired) electrons. The van der Waals surface area contributed by atoms with Crippen LogP contribution in [0.15, 0.2) is 24.3 Å². The van der Waals surface area contributed by atoms with Gasteiger partial charge in [0, 0.05) is 0 Å². The minimum Gasteiger partial charge on any atom is -0.493 e. The lowest BCUT2D eigenvalue weighted by atomic mass is 10.3. The van der Waals surface area contributed by atoms with Crippen LogP contribution in [0.3, 0.4) is 0 Å². The maximum absolute atomic E-state index is 11.7. The topological polar surface area (TPSA) is 57.7 Å². The van der Waals surface area contributed by atoms with Crippen molar-refractivity contribution in [2.24, 2.45) is 0 Å². The second kappa shape index (κ2) is 7.08. The minimum absolute atomic E-state index is 0.283. The molecule has 0 unspecified atom stereocenters. The molecule has 0 aliphatic heterocycles. The van der Waals surface area contributed by atoms with Crippen LogP contribution in [0.1, 0.15) is 27.3 Å². The first-order chi connectivity index (χ1) is 10.2. The molecular weight excluding hydrogens is 290 g/mol. The normalized spacial score (nSPS) is 10.2. The largest absolute Gasteiger partial charge is 0.493 e. The Balaban J connectivity index is 2.07. The molecule has 0 saturated heterocycles. The molecule has 0 atom stereocenters. The van der Waals surface area contributed by atoms with Crippen LogP contribution in [0.4, 0.5) is 0 Å². The number of carbonyl (C=O) groups excluding carboxylic acids is 1. The number of esters is 1. The van der Waals surface area contributed by atoms with Crippen molar-refractivity contribution < 1.29 is 19.0 Å². The van der Waals surface area contributed by atoms with Gasteiger partial charge in [0.15, 0.2) is 11.5 Å². The number of rotatable bonds is 6. The predicted molar refractivity (Wildman–Crippen MR) is 80.1 cm³/mol. The molecule has 0 fully saturated rings. The molecule has 2 aromatic rings. The molecule has 0 saturated carbocycles. The van der Waals surface area contributed by atoms with Gasteiger partial charge in [-0.15, -0.1) is 11.3 Å². The zero-order valence-electron chi connectivity index (χ0n) is 12.2. The van der Waals surface area contributed by atoms with Gasteiger partial charge in [-0.3, -0.25) is 0 Å². The summed E-state index contributed by atoms with van der Waals surface area (Å²) in [5.41, 5.74) is 0.664. The number of nitrogens with zero attached hydrogens (tertiary/aromatic N) is 1. The molecule has 0 N–H and O–H groups in total. The fourth-order valence-corrected chi connectivity index (χ4v) is 2.65. The second-order valence-electron chi connectivity index (χ2n) is 4.18. The molecule has 0 amide bonds. The van der Waals surface area contributed by atoms with Crippen LogP contribution in [0, 0.1) is 6.92 Å². The third-order valence-corrected chi connectivity index (χ3v) is 3.83. The van der Waals surface area contributed by atoms with Crippen molar-refractivity contribution in [2.45, 2.75) is 20.5 Å². The Labute approximate surface area is 127 Å². The summed E-state index contributed by atoms with van der Waals surface area (Å²) in [5, 5.41) is 0.724. The standard InChI is InChI=1S/C15H17NO4S/c1-4-19-15(17)14-10(2)16-13(21-14)9-20-12-8-6-5-7-11(12)18-3/h5-8H,4,9H2,1-3H3. The molecule has 2 rings (SSSR count). The molecule has 21 heavy (non-hydrogen) atoms. The van der Waals surface area contributed by atoms with E-state index in [0.717, 1.165) is 5.01 Å². The van der Waals surface area contributed by atoms with Gasteiger partial charge >= 0.3 is 5.97 Å². The average molecular weight is 307 g/mol. The number of para-hydroxylation sites is 2. The maximum atomic E-state index is 11.7. The van der Waals surface area contributed by atoms with Gasteiger partial charge in [0.25, 0.3) is 0 Å². The van der Waals surface area contributed by atoms with E-state index in [9.17, 15) is 4.79 Å². The monoisotopic (exact) mass is 307 g/mol. The van der Waals surface area contributed by atoms with Crippen molar-refractivity contribution in [3.8, 4) is 11.5 Å². The van der Waals surface area contributed by atoms with Crippen LogP contribution < -0.4 is 9.47 Å². The zero-order valence-corrected chi connectivity index (χ0v) is 13.0. The molecular formula is C15H17NO4S. The van der Waals surface area contributed by atoms with Gasteiger partial charge in [-0.25, -0.2) is 9.78 Å². The number of carbonyl (C=O) groups is 1. The third-order valence-electron chi connectivity index (χ3n) is 2.72. The zero-order chi connectivity index (χ0) is 15.2. The molecule has 0 bridgehead atoms. The number of thiazole rings is 1. The summed E-state index contributed by atoms with van der Waals surface area (Å²) in [5.74, 6) is 0.970. The summed E-state index contributed by atoms with van der Waals surface area (Å²) >= 11 is 1.29. The Morgan fingerprint density at radius 2 is 2.00 bits per heavy atom. The van der Waals surface area contributed by atoms with E-state index in [0.29, 0.717) is 28.7 Å². The Bertz CT molecular complexity index is 624. The summed E-state index contributed by atoms with van der Waals surface area (Å²) in [6.07, 6.45) is 0. The molecule has 1 aromatic carbocycles. The van der Waals surface area contributed by atoms with E-state index >= 15 is 0 Å². The molecule has 0 aliphatic rings. The van der Waals surface area contributed by atoms with E-state index in [-0.39, 0.29) is 12.6 Å². The smallest absolute Gasteiger partial charge is 0.350 e. The van der Waals surface area contributed by atoms with Gasteiger partial charge in [-0.2, -0.15) is 0 Å². The molecule has 1 aromatic heterocycles. The molecule has 0 spiro atoms. The lowest BCUT2D eigenvalue weighted by molar-refractivity contribution is 0.0531. The van der Waals surface area contributed by atoms with E-state index in [2.05, 4.69) is 4.98 Å². The van der Waals surface area contributed by atoms with Crippen LogP contribution in [0.25, 0.3) is 0 Å². The van der Waals surface area contributed by atoms with Crippen molar-refractivity contribution in [1.29, 1.82) is 0 Å². The summed E-state index contributed by atoms with van der Waals surface area (Å²) in [6.45, 7) is 4.20. The first kappa shape index (κ1) is 15.3. The lowest BCUT2D eigenvalue weighted by Crippen LogP contribution is -2.03. The van der Waals surface area contributed by atoms with Crippen molar-refractivity contribution in [1.82, 2.24) is 4.98 Å².